The van der Waals surface area contributed by atoms with Gasteiger partial charge in [-0.2, -0.15) is 0 Å². The molecule has 0 spiro atoms. The largest absolute Gasteiger partial charge is 0.370 e. The number of aliphatic imine (C=N–C) groups is 1. The highest BCUT2D eigenvalue weighted by atomic mass is 127. The quantitative estimate of drug-likeness (QED) is 0.408. The van der Waals surface area contributed by atoms with Gasteiger partial charge in [-0.05, 0) is 44.9 Å². The maximum atomic E-state index is 11.5. The molecule has 6 heteroatoms. The van der Waals surface area contributed by atoms with Gasteiger partial charge in [0.1, 0.15) is 0 Å². The van der Waals surface area contributed by atoms with Crippen LogP contribution in [-0.4, -0.2) is 31.0 Å². The Kier molecular flexibility index (Phi) is 8.31. The molecule has 1 aromatic rings. The van der Waals surface area contributed by atoms with Crippen LogP contribution >= 0.6 is 24.0 Å². The lowest BCUT2D eigenvalue weighted by atomic mass is 10.1. The van der Waals surface area contributed by atoms with Gasteiger partial charge in [-0.3, -0.25) is 9.79 Å². The number of carbonyl (C=O) groups excluding carboxylic acids is 1. The summed E-state index contributed by atoms with van der Waals surface area (Å²) < 4.78 is 0. The van der Waals surface area contributed by atoms with E-state index in [0.717, 1.165) is 12.0 Å². The molecule has 0 radical (unpaired) electrons. The smallest absolute Gasteiger partial charge is 0.251 e. The number of hydrogen-bond acceptors (Lipinski definition) is 2. The Bertz CT molecular complexity index is 495. The highest BCUT2D eigenvalue weighted by Gasteiger charge is 2.09. The minimum absolute atomic E-state index is 0. The van der Waals surface area contributed by atoms with Crippen molar-refractivity contribution in [2.45, 2.75) is 32.7 Å². The highest BCUT2D eigenvalue weighted by Crippen LogP contribution is 2.06. The van der Waals surface area contributed by atoms with Crippen molar-refractivity contribution in [1.82, 2.24) is 10.6 Å². The minimum Gasteiger partial charge on any atom is -0.370 e. The second-order valence-electron chi connectivity index (χ2n) is 5.67. The van der Waals surface area contributed by atoms with Crippen molar-refractivity contribution in [3.8, 4) is 0 Å². The molecule has 0 aliphatic carbocycles. The first-order chi connectivity index (χ1) is 9.31. The lowest BCUT2D eigenvalue weighted by Gasteiger charge is -2.20. The van der Waals surface area contributed by atoms with Crippen LogP contribution in [0.2, 0.25) is 0 Å². The molecule has 1 amide bonds. The van der Waals surface area contributed by atoms with Crippen molar-refractivity contribution in [3.05, 3.63) is 35.4 Å². The van der Waals surface area contributed by atoms with Crippen LogP contribution in [0.15, 0.2) is 29.3 Å². The van der Waals surface area contributed by atoms with Crippen molar-refractivity contribution >= 4 is 35.8 Å². The van der Waals surface area contributed by atoms with Crippen LogP contribution in [-0.2, 0) is 6.42 Å². The fraction of sp³-hybridized carbons (Fsp3) is 0.467. The van der Waals surface area contributed by atoms with E-state index in [1.165, 1.54) is 0 Å². The Morgan fingerprint density at radius 1 is 1.33 bits per heavy atom. The van der Waals surface area contributed by atoms with Crippen LogP contribution in [0.5, 0.6) is 0 Å². The number of rotatable bonds is 4. The van der Waals surface area contributed by atoms with Gasteiger partial charge < -0.3 is 16.4 Å². The third-order valence-electron chi connectivity index (χ3n) is 2.60. The van der Waals surface area contributed by atoms with Crippen molar-refractivity contribution in [2.75, 3.05) is 13.6 Å². The van der Waals surface area contributed by atoms with Crippen LogP contribution in [0, 0.1) is 0 Å². The van der Waals surface area contributed by atoms with Crippen molar-refractivity contribution in [3.63, 3.8) is 0 Å². The Morgan fingerprint density at radius 3 is 2.57 bits per heavy atom. The Labute approximate surface area is 143 Å². The first kappa shape index (κ1) is 19.7. The number of halogens is 1. The van der Waals surface area contributed by atoms with Gasteiger partial charge in [-0.15, -0.1) is 24.0 Å². The summed E-state index contributed by atoms with van der Waals surface area (Å²) in [5.74, 6) is 0.365. The lowest BCUT2D eigenvalue weighted by molar-refractivity contribution is 0.0963. The standard InChI is InChI=1S/C15H24N4O.HI/c1-15(2,3)19-14(16)18-9-8-11-6-5-7-12(10-11)13(20)17-4;/h5-7,10H,8-9H2,1-4H3,(H,17,20)(H3,16,18,19);1H. The Balaban J connectivity index is 0.00000400. The molecule has 0 aromatic heterocycles. The van der Waals surface area contributed by atoms with Gasteiger partial charge in [0.25, 0.3) is 5.91 Å². The molecule has 4 N–H and O–H groups in total. The first-order valence-electron chi connectivity index (χ1n) is 6.71. The molecule has 0 unspecified atom stereocenters. The molecule has 0 saturated heterocycles. The molecular weight excluding hydrogens is 379 g/mol. The number of hydrogen-bond donors (Lipinski definition) is 3. The second-order valence-corrected chi connectivity index (χ2v) is 5.67. The number of carbonyl (C=O) groups is 1. The topological polar surface area (TPSA) is 79.5 Å². The van der Waals surface area contributed by atoms with Crippen molar-refractivity contribution < 1.29 is 4.79 Å². The Hall–Kier alpha value is -1.31. The average molecular weight is 404 g/mol. The fourth-order valence-corrected chi connectivity index (χ4v) is 1.74. The monoisotopic (exact) mass is 404 g/mol. The summed E-state index contributed by atoms with van der Waals surface area (Å²) in [5.41, 5.74) is 7.44. The molecule has 5 nitrogen and oxygen atoms in total. The van der Waals surface area contributed by atoms with E-state index in [0.29, 0.717) is 18.1 Å². The molecule has 0 bridgehead atoms. The summed E-state index contributed by atoms with van der Waals surface area (Å²) in [5, 5.41) is 5.72. The molecule has 118 valence electrons. The molecule has 0 aliphatic heterocycles. The predicted octanol–water partition coefficient (Wildman–Crippen LogP) is 1.91. The Morgan fingerprint density at radius 2 is 2.00 bits per heavy atom. The van der Waals surface area contributed by atoms with E-state index in [2.05, 4.69) is 15.6 Å². The molecule has 21 heavy (non-hydrogen) atoms. The number of nitrogens with one attached hydrogen (secondary N) is 2. The summed E-state index contributed by atoms with van der Waals surface area (Å²) >= 11 is 0. The van der Waals surface area contributed by atoms with Crippen LogP contribution in [0.1, 0.15) is 36.7 Å². The molecule has 0 fully saturated rings. The predicted molar refractivity (Wildman–Crippen MR) is 98.3 cm³/mol. The van der Waals surface area contributed by atoms with E-state index in [1.54, 1.807) is 13.1 Å². The second kappa shape index (κ2) is 8.86. The normalized spacial score (nSPS) is 11.5. The van der Waals surface area contributed by atoms with Gasteiger partial charge in [0.05, 0.1) is 0 Å². The van der Waals surface area contributed by atoms with E-state index in [9.17, 15) is 4.79 Å². The van der Waals surface area contributed by atoms with Crippen molar-refractivity contribution in [2.24, 2.45) is 10.7 Å². The van der Waals surface area contributed by atoms with Crippen LogP contribution in [0.4, 0.5) is 0 Å². The van der Waals surface area contributed by atoms with Gasteiger partial charge in [-0.1, -0.05) is 12.1 Å². The zero-order chi connectivity index (χ0) is 15.2. The third-order valence-corrected chi connectivity index (χ3v) is 2.60. The molecule has 0 aliphatic rings. The summed E-state index contributed by atoms with van der Waals surface area (Å²) in [6.45, 7) is 6.68. The maximum Gasteiger partial charge on any atom is 0.251 e. The molecule has 1 rings (SSSR count). The van der Waals surface area contributed by atoms with E-state index >= 15 is 0 Å². The van der Waals surface area contributed by atoms with E-state index in [4.69, 9.17) is 5.73 Å². The lowest BCUT2D eigenvalue weighted by Crippen LogP contribution is -2.45. The number of guanidine groups is 1. The van der Waals surface area contributed by atoms with Crippen LogP contribution < -0.4 is 16.4 Å². The van der Waals surface area contributed by atoms with Gasteiger partial charge in [0, 0.05) is 24.7 Å². The zero-order valence-electron chi connectivity index (χ0n) is 13.1. The van der Waals surface area contributed by atoms with Gasteiger partial charge in [0.2, 0.25) is 0 Å². The van der Waals surface area contributed by atoms with Gasteiger partial charge >= 0.3 is 0 Å². The average Bonchev–Trinajstić information content (AvgIpc) is 2.36. The first-order valence-corrected chi connectivity index (χ1v) is 6.71. The fourth-order valence-electron chi connectivity index (χ4n) is 1.74. The summed E-state index contributed by atoms with van der Waals surface area (Å²) in [7, 11) is 1.62. The van der Waals surface area contributed by atoms with Crippen molar-refractivity contribution in [1.29, 1.82) is 0 Å². The number of nitrogens with two attached hydrogens (primary N) is 1. The molecular formula is C15H25IN4O. The van der Waals surface area contributed by atoms with Crippen LogP contribution in [0.3, 0.4) is 0 Å². The molecule has 0 heterocycles. The summed E-state index contributed by atoms with van der Waals surface area (Å²) in [6.07, 6.45) is 0.747. The van der Waals surface area contributed by atoms with E-state index < -0.39 is 0 Å². The zero-order valence-corrected chi connectivity index (χ0v) is 15.4. The van der Waals surface area contributed by atoms with E-state index in [-0.39, 0.29) is 35.4 Å². The third kappa shape index (κ3) is 7.89. The number of amides is 1. The van der Waals surface area contributed by atoms with E-state index in [1.807, 2.05) is 39.0 Å². The minimum atomic E-state index is -0.0906. The molecule has 1 aromatic carbocycles. The SMILES string of the molecule is CNC(=O)c1cccc(CCN=C(N)NC(C)(C)C)c1.I. The summed E-state index contributed by atoms with van der Waals surface area (Å²) in [4.78, 5) is 15.8. The summed E-state index contributed by atoms with van der Waals surface area (Å²) in [6, 6.07) is 7.53. The molecule has 0 saturated carbocycles. The van der Waals surface area contributed by atoms with Gasteiger partial charge in [0.15, 0.2) is 5.96 Å². The van der Waals surface area contributed by atoms with Gasteiger partial charge in [-0.25, -0.2) is 0 Å². The molecule has 0 atom stereocenters. The number of benzene rings is 1. The number of nitrogens with zero attached hydrogens (tertiary/aromatic N) is 1. The maximum absolute atomic E-state index is 11.5. The van der Waals surface area contributed by atoms with Crippen LogP contribution in [0.25, 0.3) is 0 Å². The highest BCUT2D eigenvalue weighted by molar-refractivity contribution is 14.0.